The third-order valence-corrected chi connectivity index (χ3v) is 7.80. The van der Waals surface area contributed by atoms with Crippen LogP contribution >= 0.6 is 23.2 Å². The number of nitrogens with zero attached hydrogens (tertiary/aromatic N) is 4. The third-order valence-electron chi connectivity index (χ3n) is 7.08. The Bertz CT molecular complexity index is 1680. The second kappa shape index (κ2) is 13.9. The highest BCUT2D eigenvalue weighted by molar-refractivity contribution is 6.34. The van der Waals surface area contributed by atoms with Gasteiger partial charge in [0.05, 0.1) is 28.8 Å². The molecule has 2 heterocycles. The molecule has 44 heavy (non-hydrogen) atoms. The van der Waals surface area contributed by atoms with E-state index >= 15 is 0 Å². The topological polar surface area (TPSA) is 97.9 Å². The van der Waals surface area contributed by atoms with Crippen molar-refractivity contribution >= 4 is 40.7 Å². The second-order valence-corrected chi connectivity index (χ2v) is 12.9. The predicted octanol–water partition coefficient (Wildman–Crippen LogP) is 6.91. The summed E-state index contributed by atoms with van der Waals surface area (Å²) in [6, 6.07) is 17.7. The standard InChI is InChI=1S/C33H39Cl2N5O4/c1-21(2)29(27-19-26-28(35)22(3)37-40(26)32(43)39(27)20-23-11-8-7-9-12-23)38(30(41)24-13-15-25(34)16-14-24)18-10-17-36-31(42)44-33(4,5)6/h7-9,11-16,19,21,29H,10,17-18,20H2,1-6H3,(H,36,42)/t29-/m1/s1. The summed E-state index contributed by atoms with van der Waals surface area (Å²) in [5, 5.41) is 8.08. The van der Waals surface area contributed by atoms with Crippen LogP contribution in [0.4, 0.5) is 4.79 Å². The lowest BCUT2D eigenvalue weighted by atomic mass is 9.96. The lowest BCUT2D eigenvalue weighted by Gasteiger charge is -2.36. The summed E-state index contributed by atoms with van der Waals surface area (Å²) in [5.41, 5.74) is 2.04. The number of halogens is 2. The number of aromatic nitrogens is 3. The van der Waals surface area contributed by atoms with E-state index in [-0.39, 0.29) is 37.1 Å². The van der Waals surface area contributed by atoms with Crippen molar-refractivity contribution in [1.29, 1.82) is 0 Å². The average molecular weight is 641 g/mol. The van der Waals surface area contributed by atoms with Crippen LogP contribution < -0.4 is 11.0 Å². The highest BCUT2D eigenvalue weighted by atomic mass is 35.5. The fourth-order valence-corrected chi connectivity index (χ4v) is 5.45. The Hall–Kier alpha value is -3.82. The van der Waals surface area contributed by atoms with E-state index in [2.05, 4.69) is 10.4 Å². The van der Waals surface area contributed by atoms with Crippen LogP contribution in [-0.2, 0) is 11.3 Å². The third kappa shape index (κ3) is 7.81. The van der Waals surface area contributed by atoms with E-state index in [0.29, 0.717) is 38.9 Å². The number of aryl methyl sites for hydroxylation is 1. The molecule has 2 aromatic heterocycles. The van der Waals surface area contributed by atoms with Gasteiger partial charge in [0.1, 0.15) is 5.60 Å². The van der Waals surface area contributed by atoms with Crippen LogP contribution in [0.1, 0.15) is 74.4 Å². The van der Waals surface area contributed by atoms with Crippen LogP contribution in [0.25, 0.3) is 5.52 Å². The first-order chi connectivity index (χ1) is 20.8. The number of fused-ring (bicyclic) bond motifs is 1. The van der Waals surface area contributed by atoms with E-state index in [1.165, 1.54) is 4.52 Å². The molecule has 0 aliphatic heterocycles. The minimum absolute atomic E-state index is 0.114. The molecule has 0 spiro atoms. The van der Waals surface area contributed by atoms with Gasteiger partial charge in [-0.25, -0.2) is 9.59 Å². The largest absolute Gasteiger partial charge is 0.444 e. The highest BCUT2D eigenvalue weighted by Crippen LogP contribution is 2.33. The van der Waals surface area contributed by atoms with Crippen molar-refractivity contribution < 1.29 is 14.3 Å². The van der Waals surface area contributed by atoms with E-state index in [0.717, 1.165) is 5.56 Å². The van der Waals surface area contributed by atoms with Gasteiger partial charge in [0.15, 0.2) is 0 Å². The minimum atomic E-state index is -0.627. The summed E-state index contributed by atoms with van der Waals surface area (Å²) in [6.45, 7) is 12.0. The van der Waals surface area contributed by atoms with Crippen LogP contribution in [0.2, 0.25) is 10.0 Å². The molecule has 0 saturated heterocycles. The van der Waals surface area contributed by atoms with Gasteiger partial charge in [-0.3, -0.25) is 9.36 Å². The molecule has 0 aliphatic carbocycles. The molecule has 2 aromatic carbocycles. The van der Waals surface area contributed by atoms with E-state index in [9.17, 15) is 14.4 Å². The quantitative estimate of drug-likeness (QED) is 0.190. The number of benzene rings is 2. The summed E-state index contributed by atoms with van der Waals surface area (Å²) >= 11 is 12.8. The Morgan fingerprint density at radius 2 is 1.70 bits per heavy atom. The molecule has 234 valence electrons. The lowest BCUT2D eigenvalue weighted by molar-refractivity contribution is 0.0520. The van der Waals surface area contributed by atoms with Gasteiger partial charge in [0.2, 0.25) is 0 Å². The van der Waals surface area contributed by atoms with Gasteiger partial charge >= 0.3 is 11.8 Å². The molecule has 2 amide bonds. The molecule has 1 atom stereocenters. The van der Waals surface area contributed by atoms with Crippen LogP contribution in [-0.4, -0.2) is 49.8 Å². The number of hydrogen-bond donors (Lipinski definition) is 1. The fourth-order valence-electron chi connectivity index (χ4n) is 5.15. The minimum Gasteiger partial charge on any atom is -0.444 e. The van der Waals surface area contributed by atoms with E-state index in [4.69, 9.17) is 27.9 Å². The number of carbonyl (C=O) groups is 2. The van der Waals surface area contributed by atoms with Crippen molar-refractivity contribution in [2.45, 2.75) is 66.2 Å². The molecule has 0 saturated carbocycles. The summed E-state index contributed by atoms with van der Waals surface area (Å²) in [4.78, 5) is 42.3. The number of carbonyl (C=O) groups excluding carboxylic acids is 2. The molecule has 9 nitrogen and oxygen atoms in total. The van der Waals surface area contributed by atoms with Gasteiger partial charge in [-0.2, -0.15) is 9.61 Å². The number of nitrogens with one attached hydrogen (secondary N) is 1. The molecule has 0 unspecified atom stereocenters. The van der Waals surface area contributed by atoms with Gasteiger partial charge in [0.25, 0.3) is 5.91 Å². The zero-order valence-electron chi connectivity index (χ0n) is 25.9. The Kier molecular flexibility index (Phi) is 10.4. The summed E-state index contributed by atoms with van der Waals surface area (Å²) in [6.07, 6.45) is -0.0825. The Labute approximate surface area is 267 Å². The highest BCUT2D eigenvalue weighted by Gasteiger charge is 2.32. The van der Waals surface area contributed by atoms with Crippen molar-refractivity contribution in [3.8, 4) is 0 Å². The molecular formula is C33H39Cl2N5O4. The van der Waals surface area contributed by atoms with Crippen molar-refractivity contribution in [1.82, 2.24) is 24.4 Å². The average Bonchev–Trinajstić information content (AvgIpc) is 3.24. The summed E-state index contributed by atoms with van der Waals surface area (Å²) < 4.78 is 8.35. The monoisotopic (exact) mass is 639 g/mol. The molecule has 0 radical (unpaired) electrons. The Balaban J connectivity index is 1.80. The van der Waals surface area contributed by atoms with Crippen LogP contribution in [0.3, 0.4) is 0 Å². The van der Waals surface area contributed by atoms with Gasteiger partial charge in [-0.05, 0) is 75.9 Å². The van der Waals surface area contributed by atoms with Crippen molar-refractivity contribution in [2.24, 2.45) is 5.92 Å². The van der Waals surface area contributed by atoms with Crippen LogP contribution in [0.15, 0.2) is 65.5 Å². The lowest BCUT2D eigenvalue weighted by Crippen LogP contribution is -2.43. The number of rotatable bonds is 10. The normalized spacial score (nSPS) is 12.4. The number of ether oxygens (including phenoxy) is 1. The molecule has 11 heteroatoms. The predicted molar refractivity (Wildman–Crippen MR) is 174 cm³/mol. The molecule has 4 aromatic rings. The Morgan fingerprint density at radius 3 is 2.32 bits per heavy atom. The number of amides is 2. The summed E-state index contributed by atoms with van der Waals surface area (Å²) in [5.74, 6) is -0.344. The molecule has 1 N–H and O–H groups in total. The van der Waals surface area contributed by atoms with E-state index in [1.54, 1.807) is 61.4 Å². The molecule has 0 aliphatic rings. The smallest absolute Gasteiger partial charge is 0.407 e. The molecular weight excluding hydrogens is 601 g/mol. The number of hydrogen-bond acceptors (Lipinski definition) is 5. The first-order valence-electron chi connectivity index (χ1n) is 14.6. The van der Waals surface area contributed by atoms with E-state index < -0.39 is 17.7 Å². The van der Waals surface area contributed by atoms with Crippen molar-refractivity contribution in [3.05, 3.63) is 104 Å². The Morgan fingerprint density at radius 1 is 1.05 bits per heavy atom. The number of alkyl carbamates (subject to hydrolysis) is 1. The van der Waals surface area contributed by atoms with Crippen LogP contribution in [0.5, 0.6) is 0 Å². The van der Waals surface area contributed by atoms with Gasteiger partial charge < -0.3 is 15.0 Å². The molecule has 4 rings (SSSR count). The summed E-state index contributed by atoms with van der Waals surface area (Å²) in [7, 11) is 0. The SMILES string of the molecule is Cc1nn2c(=O)n(Cc3ccccc3)c([C@@H](C(C)C)N(CCCNC(=O)OC(C)(C)C)C(=O)c3ccc(Cl)cc3)cc2c1Cl. The first kappa shape index (κ1) is 33.1. The molecule has 0 fully saturated rings. The molecule has 0 bridgehead atoms. The zero-order valence-corrected chi connectivity index (χ0v) is 27.4. The van der Waals surface area contributed by atoms with Gasteiger partial charge in [-0.1, -0.05) is 67.4 Å². The maximum Gasteiger partial charge on any atom is 0.407 e. The maximum atomic E-state index is 14.2. The maximum absolute atomic E-state index is 14.2. The van der Waals surface area contributed by atoms with Crippen molar-refractivity contribution in [2.75, 3.05) is 13.1 Å². The van der Waals surface area contributed by atoms with Gasteiger partial charge in [-0.15, -0.1) is 0 Å². The fraction of sp³-hybridized carbons (Fsp3) is 0.394. The first-order valence-corrected chi connectivity index (χ1v) is 15.4. The van der Waals surface area contributed by atoms with Crippen LogP contribution in [0, 0.1) is 12.8 Å². The van der Waals surface area contributed by atoms with Gasteiger partial charge in [0, 0.05) is 29.4 Å². The zero-order chi connectivity index (χ0) is 32.2. The van der Waals surface area contributed by atoms with Crippen molar-refractivity contribution in [3.63, 3.8) is 0 Å². The van der Waals surface area contributed by atoms with E-state index in [1.807, 2.05) is 50.2 Å². The second-order valence-electron chi connectivity index (χ2n) is 12.1.